The molecule has 0 saturated carbocycles. The largest absolute Gasteiger partial charge is 0.456 e. The summed E-state index contributed by atoms with van der Waals surface area (Å²) in [6.07, 6.45) is 0. The molecule has 0 radical (unpaired) electrons. The SMILES string of the molecule is c1ccc2c(-n3c4ccccc4c4c5c6cc7c(cc6n(-c6ccc8c(c6)-c6cccc9cccc-8c69)c5ccc43)oc3ccccc37)cccc2c1. The molecule has 12 aromatic rings. The fourth-order valence-electron chi connectivity index (χ4n) is 9.64. The van der Waals surface area contributed by atoms with Gasteiger partial charge in [-0.15, -0.1) is 0 Å². The zero-order chi connectivity index (χ0) is 34.4. The van der Waals surface area contributed by atoms with Gasteiger partial charge in [-0.2, -0.15) is 0 Å². The summed E-state index contributed by atoms with van der Waals surface area (Å²) < 4.78 is 11.5. The number of nitrogens with zero attached hydrogens (tertiary/aromatic N) is 2. The van der Waals surface area contributed by atoms with Gasteiger partial charge < -0.3 is 13.6 Å². The molecule has 0 spiro atoms. The molecule has 1 aliphatic carbocycles. The van der Waals surface area contributed by atoms with Crippen molar-refractivity contribution in [3.05, 3.63) is 170 Å². The van der Waals surface area contributed by atoms with Crippen LogP contribution in [0.5, 0.6) is 0 Å². The van der Waals surface area contributed by atoms with Gasteiger partial charge in [0.15, 0.2) is 0 Å². The summed E-state index contributed by atoms with van der Waals surface area (Å²) in [5.74, 6) is 0. The highest BCUT2D eigenvalue weighted by atomic mass is 16.3. The lowest BCUT2D eigenvalue weighted by Crippen LogP contribution is -1.96. The molecular formula is C50H28N2O. The minimum absolute atomic E-state index is 0.899. The minimum atomic E-state index is 0.899. The van der Waals surface area contributed by atoms with Crippen molar-refractivity contribution < 1.29 is 4.42 Å². The van der Waals surface area contributed by atoms with Crippen LogP contribution in [0, 0.1) is 0 Å². The van der Waals surface area contributed by atoms with Gasteiger partial charge in [0.25, 0.3) is 0 Å². The highest BCUT2D eigenvalue weighted by Crippen LogP contribution is 2.49. The van der Waals surface area contributed by atoms with Gasteiger partial charge >= 0.3 is 0 Å². The Morgan fingerprint density at radius 2 is 1.00 bits per heavy atom. The summed E-state index contributed by atoms with van der Waals surface area (Å²) in [6, 6.07) is 62.3. The smallest absolute Gasteiger partial charge is 0.137 e. The van der Waals surface area contributed by atoms with E-state index in [0.717, 1.165) is 33.1 Å². The number of para-hydroxylation sites is 2. The summed E-state index contributed by atoms with van der Waals surface area (Å²) in [7, 11) is 0. The first-order chi connectivity index (χ1) is 26.3. The second-order valence-electron chi connectivity index (χ2n) is 14.4. The van der Waals surface area contributed by atoms with Crippen LogP contribution >= 0.6 is 0 Å². The van der Waals surface area contributed by atoms with E-state index in [4.69, 9.17) is 4.42 Å². The maximum atomic E-state index is 6.55. The van der Waals surface area contributed by atoms with Crippen LogP contribution < -0.4 is 0 Å². The van der Waals surface area contributed by atoms with E-state index in [1.807, 2.05) is 0 Å². The van der Waals surface area contributed by atoms with Crippen molar-refractivity contribution in [1.82, 2.24) is 9.13 Å². The third kappa shape index (κ3) is 3.49. The molecule has 3 aromatic heterocycles. The van der Waals surface area contributed by atoms with Gasteiger partial charge in [0.1, 0.15) is 11.2 Å². The second kappa shape index (κ2) is 9.81. The topological polar surface area (TPSA) is 23.0 Å². The number of rotatable bonds is 2. The number of furan rings is 1. The predicted molar refractivity (Wildman–Crippen MR) is 222 cm³/mol. The molecule has 9 aromatic carbocycles. The maximum absolute atomic E-state index is 6.55. The van der Waals surface area contributed by atoms with E-state index in [-0.39, 0.29) is 0 Å². The van der Waals surface area contributed by atoms with Crippen molar-refractivity contribution in [2.45, 2.75) is 0 Å². The van der Waals surface area contributed by atoms with E-state index in [2.05, 4.69) is 179 Å². The molecule has 53 heavy (non-hydrogen) atoms. The van der Waals surface area contributed by atoms with Crippen molar-refractivity contribution in [3.8, 4) is 33.6 Å². The van der Waals surface area contributed by atoms with E-state index in [0.29, 0.717) is 0 Å². The third-order valence-corrected chi connectivity index (χ3v) is 11.8. The molecule has 13 rings (SSSR count). The molecular weight excluding hydrogens is 645 g/mol. The predicted octanol–water partition coefficient (Wildman–Crippen LogP) is 13.7. The van der Waals surface area contributed by atoms with Crippen LogP contribution in [0.25, 0.3) is 121 Å². The fourth-order valence-corrected chi connectivity index (χ4v) is 9.64. The molecule has 1 aliphatic rings. The number of aromatic nitrogens is 2. The molecule has 0 atom stereocenters. The lowest BCUT2D eigenvalue weighted by atomic mass is 10.0. The summed E-state index contributed by atoms with van der Waals surface area (Å²) in [5, 5.41) is 12.4. The van der Waals surface area contributed by atoms with Gasteiger partial charge in [0, 0.05) is 49.5 Å². The Morgan fingerprint density at radius 1 is 0.321 bits per heavy atom. The third-order valence-electron chi connectivity index (χ3n) is 11.8. The Hall–Kier alpha value is -7.10. The summed E-state index contributed by atoms with van der Waals surface area (Å²) in [6.45, 7) is 0. The number of hydrogen-bond acceptors (Lipinski definition) is 1. The van der Waals surface area contributed by atoms with E-state index in [9.17, 15) is 0 Å². The number of fused-ring (bicyclic) bond motifs is 14. The monoisotopic (exact) mass is 672 g/mol. The Balaban J connectivity index is 1.20. The molecule has 0 bridgehead atoms. The van der Waals surface area contributed by atoms with Crippen LogP contribution in [0.15, 0.2) is 174 Å². The van der Waals surface area contributed by atoms with Crippen molar-refractivity contribution in [1.29, 1.82) is 0 Å². The summed E-state index contributed by atoms with van der Waals surface area (Å²) >= 11 is 0. The first-order valence-electron chi connectivity index (χ1n) is 18.3. The van der Waals surface area contributed by atoms with Gasteiger partial charge in [-0.25, -0.2) is 0 Å². The Morgan fingerprint density at radius 3 is 1.89 bits per heavy atom. The maximum Gasteiger partial charge on any atom is 0.137 e. The molecule has 0 amide bonds. The van der Waals surface area contributed by atoms with Gasteiger partial charge in [0.05, 0.1) is 27.8 Å². The van der Waals surface area contributed by atoms with Crippen LogP contribution in [-0.4, -0.2) is 9.13 Å². The van der Waals surface area contributed by atoms with Gasteiger partial charge in [-0.1, -0.05) is 115 Å². The summed E-state index contributed by atoms with van der Waals surface area (Å²) in [4.78, 5) is 0. The number of hydrogen-bond donors (Lipinski definition) is 0. The molecule has 0 N–H and O–H groups in total. The first kappa shape index (κ1) is 27.6. The summed E-state index contributed by atoms with van der Waals surface area (Å²) in [5.41, 5.74) is 14.0. The molecule has 3 nitrogen and oxygen atoms in total. The highest BCUT2D eigenvalue weighted by Gasteiger charge is 2.25. The minimum Gasteiger partial charge on any atom is -0.456 e. The molecule has 0 unspecified atom stereocenters. The molecule has 0 fully saturated rings. The fraction of sp³-hybridized carbons (Fsp3) is 0. The quantitative estimate of drug-likeness (QED) is 0.179. The molecule has 0 saturated heterocycles. The van der Waals surface area contributed by atoms with Gasteiger partial charge in [-0.05, 0) is 86.9 Å². The zero-order valence-electron chi connectivity index (χ0n) is 28.5. The second-order valence-corrected chi connectivity index (χ2v) is 14.4. The highest BCUT2D eigenvalue weighted by molar-refractivity contribution is 6.31. The Labute approximate surface area is 303 Å². The van der Waals surface area contributed by atoms with Crippen LogP contribution in [0.4, 0.5) is 0 Å². The van der Waals surface area contributed by atoms with Crippen LogP contribution in [-0.2, 0) is 0 Å². The molecule has 3 heteroatoms. The normalized spacial score (nSPS) is 12.5. The standard InChI is InChI=1S/C50H28N2O/c1-2-14-32-29(10-1)11-9-20-41(32)52-42-19-5-3-16-37(42)49-44(52)25-24-43-50(49)40-27-39-34-15-4-6-21-46(34)53-47(39)28-45(40)51(43)31-22-23-33-35-17-7-12-30-13-8-18-36(48(30)35)38(33)26-31/h1-28H. The Kier molecular flexibility index (Phi) is 5.11. The molecule has 3 heterocycles. The van der Waals surface area contributed by atoms with Crippen molar-refractivity contribution in [3.63, 3.8) is 0 Å². The van der Waals surface area contributed by atoms with E-state index in [1.165, 1.54) is 87.6 Å². The average Bonchev–Trinajstić information content (AvgIpc) is 3.94. The Bertz CT molecular complexity index is 3560. The van der Waals surface area contributed by atoms with Gasteiger partial charge in [-0.3, -0.25) is 0 Å². The van der Waals surface area contributed by atoms with Crippen molar-refractivity contribution in [2.24, 2.45) is 0 Å². The van der Waals surface area contributed by atoms with Crippen molar-refractivity contribution >= 4 is 87.1 Å². The van der Waals surface area contributed by atoms with Crippen LogP contribution in [0.2, 0.25) is 0 Å². The van der Waals surface area contributed by atoms with Crippen molar-refractivity contribution in [2.75, 3.05) is 0 Å². The molecule has 0 aliphatic heterocycles. The zero-order valence-corrected chi connectivity index (χ0v) is 28.5. The number of benzene rings is 9. The van der Waals surface area contributed by atoms with Crippen LogP contribution in [0.3, 0.4) is 0 Å². The van der Waals surface area contributed by atoms with E-state index >= 15 is 0 Å². The van der Waals surface area contributed by atoms with E-state index < -0.39 is 0 Å². The molecule has 244 valence electrons. The first-order valence-corrected chi connectivity index (χ1v) is 18.3. The van der Waals surface area contributed by atoms with Gasteiger partial charge in [0.2, 0.25) is 0 Å². The average molecular weight is 673 g/mol. The van der Waals surface area contributed by atoms with Crippen LogP contribution in [0.1, 0.15) is 0 Å². The lowest BCUT2D eigenvalue weighted by molar-refractivity contribution is 0.669. The lowest BCUT2D eigenvalue weighted by Gasteiger charge is -2.12. The van der Waals surface area contributed by atoms with E-state index in [1.54, 1.807) is 0 Å².